The Morgan fingerprint density at radius 2 is 2.45 bits per heavy atom. The van der Waals surface area contributed by atoms with Crippen molar-refractivity contribution in [3.63, 3.8) is 0 Å². The molecule has 1 aliphatic heterocycles. The van der Waals surface area contributed by atoms with Crippen molar-refractivity contribution in [3.8, 4) is 6.07 Å². The van der Waals surface area contributed by atoms with Crippen LogP contribution in [0.4, 0.5) is 11.6 Å². The number of ether oxygens (including phenoxy) is 1. The second-order valence-corrected chi connectivity index (χ2v) is 5.23. The second kappa shape index (κ2) is 7.31. The smallest absolute Gasteiger partial charge is 0.191 e. The van der Waals surface area contributed by atoms with Crippen LogP contribution in [0.1, 0.15) is 13.3 Å². The zero-order chi connectivity index (χ0) is 14.4. The summed E-state index contributed by atoms with van der Waals surface area (Å²) in [5, 5.41) is 13.0. The van der Waals surface area contributed by atoms with Crippen LogP contribution in [0.5, 0.6) is 0 Å². The van der Waals surface area contributed by atoms with Gasteiger partial charge in [0, 0.05) is 19.2 Å². The summed E-state index contributed by atoms with van der Waals surface area (Å²) in [6, 6.07) is 4.09. The lowest BCUT2D eigenvalue weighted by Gasteiger charge is -2.30. The van der Waals surface area contributed by atoms with Crippen molar-refractivity contribution < 1.29 is 4.74 Å². The van der Waals surface area contributed by atoms with Gasteiger partial charge in [0.2, 0.25) is 0 Å². The van der Waals surface area contributed by atoms with Gasteiger partial charge in [-0.2, -0.15) is 5.26 Å². The van der Waals surface area contributed by atoms with E-state index in [-0.39, 0.29) is 6.10 Å². The summed E-state index contributed by atoms with van der Waals surface area (Å²) in [6.45, 7) is 4.84. The summed E-state index contributed by atoms with van der Waals surface area (Å²) in [4.78, 5) is 11.0. The molecule has 6 nitrogen and oxygen atoms in total. The van der Waals surface area contributed by atoms with Gasteiger partial charge in [0.05, 0.1) is 19.2 Å². The molecule has 1 unspecified atom stereocenters. The fraction of sp³-hybridized carbons (Fsp3) is 0.615. The molecular weight excluding hydrogens is 274 g/mol. The molecule has 1 aromatic heterocycles. The molecule has 108 valence electrons. The number of hydrogen-bond acceptors (Lipinski definition) is 7. The van der Waals surface area contributed by atoms with Crippen molar-refractivity contribution in [1.29, 1.82) is 5.26 Å². The maximum absolute atomic E-state index is 8.98. The lowest BCUT2D eigenvalue weighted by Crippen LogP contribution is -2.42. The molecule has 2 rings (SSSR count). The highest BCUT2D eigenvalue weighted by Gasteiger charge is 2.22. The Hall–Kier alpha value is -1.52. The SMILES string of the molecule is CCCNc1cc(N2CCOC(C#N)C2)nc(SC)n1. The Labute approximate surface area is 123 Å². The minimum atomic E-state index is -0.386. The third-order valence-corrected chi connectivity index (χ3v) is 3.51. The molecule has 1 N–H and O–H groups in total. The largest absolute Gasteiger partial charge is 0.370 e. The van der Waals surface area contributed by atoms with E-state index in [9.17, 15) is 0 Å². The highest BCUT2D eigenvalue weighted by Crippen LogP contribution is 2.22. The van der Waals surface area contributed by atoms with Crippen LogP contribution in [0.3, 0.4) is 0 Å². The maximum atomic E-state index is 8.98. The lowest BCUT2D eigenvalue weighted by atomic mass is 10.3. The van der Waals surface area contributed by atoms with Crippen molar-refractivity contribution in [2.24, 2.45) is 0 Å². The minimum Gasteiger partial charge on any atom is -0.370 e. The van der Waals surface area contributed by atoms with Crippen molar-refractivity contribution in [2.45, 2.75) is 24.6 Å². The first kappa shape index (κ1) is 14.9. The van der Waals surface area contributed by atoms with Crippen molar-refractivity contribution in [1.82, 2.24) is 9.97 Å². The standard InChI is InChI=1S/C13H19N5OS/c1-3-4-15-11-7-12(17-13(16-11)20-2)18-5-6-19-10(8-14)9-18/h7,10H,3-6,9H2,1-2H3,(H,15,16,17). The first-order chi connectivity index (χ1) is 9.76. The quantitative estimate of drug-likeness (QED) is 0.655. The predicted molar refractivity (Wildman–Crippen MR) is 80.2 cm³/mol. The molecule has 1 aliphatic rings. The molecule has 0 spiro atoms. The molecule has 0 saturated carbocycles. The zero-order valence-electron chi connectivity index (χ0n) is 11.8. The first-order valence-electron chi connectivity index (χ1n) is 6.70. The normalized spacial score (nSPS) is 18.6. The summed E-state index contributed by atoms with van der Waals surface area (Å²) in [7, 11) is 0. The van der Waals surface area contributed by atoms with Crippen LogP contribution >= 0.6 is 11.8 Å². The van der Waals surface area contributed by atoms with E-state index in [1.807, 2.05) is 12.3 Å². The predicted octanol–water partition coefficient (Wildman–Crippen LogP) is 1.75. The van der Waals surface area contributed by atoms with Gasteiger partial charge < -0.3 is 15.0 Å². The molecule has 0 amide bonds. The summed E-state index contributed by atoms with van der Waals surface area (Å²) >= 11 is 1.52. The van der Waals surface area contributed by atoms with Gasteiger partial charge in [0.1, 0.15) is 11.6 Å². The Kier molecular flexibility index (Phi) is 5.44. The van der Waals surface area contributed by atoms with Gasteiger partial charge in [0.15, 0.2) is 11.3 Å². The average molecular weight is 293 g/mol. The Morgan fingerprint density at radius 1 is 1.60 bits per heavy atom. The van der Waals surface area contributed by atoms with Gasteiger partial charge in [-0.05, 0) is 12.7 Å². The van der Waals surface area contributed by atoms with E-state index in [4.69, 9.17) is 10.00 Å². The third kappa shape index (κ3) is 3.74. The number of nitriles is 1. The number of nitrogens with zero attached hydrogens (tertiary/aromatic N) is 4. The molecule has 0 aromatic carbocycles. The minimum absolute atomic E-state index is 0.386. The Morgan fingerprint density at radius 3 is 3.15 bits per heavy atom. The van der Waals surface area contributed by atoms with E-state index in [0.29, 0.717) is 13.2 Å². The molecule has 1 saturated heterocycles. The molecule has 1 aromatic rings. The summed E-state index contributed by atoms with van der Waals surface area (Å²) in [5.74, 6) is 1.69. The number of rotatable bonds is 5. The van der Waals surface area contributed by atoms with E-state index in [1.165, 1.54) is 11.8 Å². The highest BCUT2D eigenvalue weighted by atomic mass is 32.2. The fourth-order valence-electron chi connectivity index (χ4n) is 1.95. The van der Waals surface area contributed by atoms with Crippen LogP contribution < -0.4 is 10.2 Å². The number of nitrogens with one attached hydrogen (secondary N) is 1. The van der Waals surface area contributed by atoms with Crippen LogP contribution in [-0.4, -0.2) is 48.6 Å². The number of anilines is 2. The van der Waals surface area contributed by atoms with E-state index < -0.39 is 0 Å². The van der Waals surface area contributed by atoms with Crippen LogP contribution in [0.15, 0.2) is 11.2 Å². The van der Waals surface area contributed by atoms with Crippen LogP contribution in [0.2, 0.25) is 0 Å². The molecule has 1 fully saturated rings. The van der Waals surface area contributed by atoms with Gasteiger partial charge >= 0.3 is 0 Å². The summed E-state index contributed by atoms with van der Waals surface area (Å²) < 4.78 is 5.36. The molecule has 1 atom stereocenters. The topological polar surface area (TPSA) is 74.1 Å². The molecule has 0 bridgehead atoms. The van der Waals surface area contributed by atoms with Gasteiger partial charge in [-0.3, -0.25) is 0 Å². The summed E-state index contributed by atoms with van der Waals surface area (Å²) in [5.41, 5.74) is 0. The second-order valence-electron chi connectivity index (χ2n) is 4.46. The number of hydrogen-bond donors (Lipinski definition) is 1. The van der Waals surface area contributed by atoms with E-state index in [2.05, 4.69) is 33.2 Å². The van der Waals surface area contributed by atoms with E-state index in [1.54, 1.807) is 0 Å². The van der Waals surface area contributed by atoms with Crippen LogP contribution in [0.25, 0.3) is 0 Å². The molecule has 0 aliphatic carbocycles. The fourth-order valence-corrected chi connectivity index (χ4v) is 2.32. The van der Waals surface area contributed by atoms with Gasteiger partial charge in [-0.1, -0.05) is 18.7 Å². The van der Waals surface area contributed by atoms with E-state index in [0.717, 1.165) is 36.3 Å². The number of thioether (sulfide) groups is 1. The number of morpholine rings is 1. The molecule has 7 heteroatoms. The lowest BCUT2D eigenvalue weighted by molar-refractivity contribution is 0.0761. The van der Waals surface area contributed by atoms with Gasteiger partial charge in [0.25, 0.3) is 0 Å². The average Bonchev–Trinajstić information content (AvgIpc) is 2.52. The highest BCUT2D eigenvalue weighted by molar-refractivity contribution is 7.98. The number of aromatic nitrogens is 2. The molecule has 20 heavy (non-hydrogen) atoms. The van der Waals surface area contributed by atoms with Crippen molar-refractivity contribution in [2.75, 3.05) is 42.7 Å². The summed E-state index contributed by atoms with van der Waals surface area (Å²) in [6.07, 6.45) is 2.62. The maximum Gasteiger partial charge on any atom is 0.191 e. The molecule has 2 heterocycles. The van der Waals surface area contributed by atoms with Gasteiger partial charge in [-0.25, -0.2) is 9.97 Å². The van der Waals surface area contributed by atoms with E-state index >= 15 is 0 Å². The van der Waals surface area contributed by atoms with Crippen molar-refractivity contribution >= 4 is 23.4 Å². The van der Waals surface area contributed by atoms with Crippen LogP contribution in [0, 0.1) is 11.3 Å². The van der Waals surface area contributed by atoms with Crippen LogP contribution in [-0.2, 0) is 4.74 Å². The first-order valence-corrected chi connectivity index (χ1v) is 7.92. The monoisotopic (exact) mass is 293 g/mol. The molecule has 0 radical (unpaired) electrons. The zero-order valence-corrected chi connectivity index (χ0v) is 12.6. The van der Waals surface area contributed by atoms with Gasteiger partial charge in [-0.15, -0.1) is 0 Å². The van der Waals surface area contributed by atoms with Crippen molar-refractivity contribution in [3.05, 3.63) is 6.07 Å². The Bertz CT molecular complexity index is 490. The Balaban J connectivity index is 2.19. The molecular formula is C13H19N5OS. The third-order valence-electron chi connectivity index (χ3n) is 2.97.